The zero-order valence-corrected chi connectivity index (χ0v) is 16.0. The minimum Gasteiger partial charge on any atom is -0.356 e. The Morgan fingerprint density at radius 1 is 1.11 bits per heavy atom. The maximum absolute atomic E-state index is 9.01. The standard InChI is InChI=1S/C21H23N7/c1-21-12-27(18-3-2-15(10-22)11-24-18)8-5-16(21)6-9-28(13-21)20-17-4-7-23-19(17)25-14-26-20/h2-4,7,11,14,16H,5-6,8-9,12-13H2,1H3,(H,23,25,26)/t16-,21+/m1/s1. The van der Waals surface area contributed by atoms with Crippen LogP contribution in [0.1, 0.15) is 25.3 Å². The number of pyridine rings is 1. The Bertz CT molecular complexity index is 1030. The maximum atomic E-state index is 9.01. The molecule has 142 valence electrons. The lowest BCUT2D eigenvalue weighted by atomic mass is 9.68. The largest absolute Gasteiger partial charge is 0.356 e. The van der Waals surface area contributed by atoms with Crippen LogP contribution in [0.15, 0.2) is 36.9 Å². The van der Waals surface area contributed by atoms with Crippen molar-refractivity contribution >= 4 is 22.7 Å². The summed E-state index contributed by atoms with van der Waals surface area (Å²) in [5.74, 6) is 2.70. The highest BCUT2D eigenvalue weighted by Gasteiger charge is 2.44. The van der Waals surface area contributed by atoms with Crippen molar-refractivity contribution in [3.63, 3.8) is 0 Å². The van der Waals surface area contributed by atoms with E-state index < -0.39 is 0 Å². The zero-order chi connectivity index (χ0) is 19.1. The molecule has 0 aromatic carbocycles. The summed E-state index contributed by atoms with van der Waals surface area (Å²) in [6.07, 6.45) is 7.60. The highest BCUT2D eigenvalue weighted by atomic mass is 15.2. The fraction of sp³-hybridized carbons (Fsp3) is 0.429. The summed E-state index contributed by atoms with van der Waals surface area (Å²) in [5.41, 5.74) is 1.66. The first-order valence-corrected chi connectivity index (χ1v) is 9.80. The van der Waals surface area contributed by atoms with Gasteiger partial charge in [0.2, 0.25) is 0 Å². The average Bonchev–Trinajstić information content (AvgIpc) is 3.21. The fourth-order valence-electron chi connectivity index (χ4n) is 4.93. The Balaban J connectivity index is 1.40. The summed E-state index contributed by atoms with van der Waals surface area (Å²) in [7, 11) is 0. The van der Waals surface area contributed by atoms with E-state index in [4.69, 9.17) is 5.26 Å². The number of nitrogens with one attached hydrogen (secondary N) is 1. The molecule has 5 heterocycles. The molecule has 2 aliphatic rings. The lowest BCUT2D eigenvalue weighted by Crippen LogP contribution is -2.57. The summed E-state index contributed by atoms with van der Waals surface area (Å²) in [4.78, 5) is 21.4. The molecule has 3 aromatic rings. The van der Waals surface area contributed by atoms with E-state index >= 15 is 0 Å². The number of rotatable bonds is 2. The van der Waals surface area contributed by atoms with E-state index in [1.807, 2.05) is 18.3 Å². The van der Waals surface area contributed by atoms with Crippen molar-refractivity contribution in [2.45, 2.75) is 19.8 Å². The molecule has 3 aromatic heterocycles. The van der Waals surface area contributed by atoms with E-state index in [1.54, 1.807) is 12.5 Å². The van der Waals surface area contributed by atoms with Gasteiger partial charge in [-0.3, -0.25) is 0 Å². The first-order valence-electron chi connectivity index (χ1n) is 9.80. The second-order valence-electron chi connectivity index (χ2n) is 8.23. The number of hydrogen-bond acceptors (Lipinski definition) is 6. The van der Waals surface area contributed by atoms with Gasteiger partial charge in [0.15, 0.2) is 0 Å². The molecule has 7 nitrogen and oxygen atoms in total. The van der Waals surface area contributed by atoms with E-state index in [0.717, 1.165) is 48.8 Å². The van der Waals surface area contributed by atoms with Gasteiger partial charge in [-0.05, 0) is 37.0 Å². The number of aromatic nitrogens is 4. The molecule has 0 bridgehead atoms. The zero-order valence-electron chi connectivity index (χ0n) is 16.0. The second-order valence-corrected chi connectivity index (χ2v) is 8.23. The smallest absolute Gasteiger partial charge is 0.142 e. The number of fused-ring (bicyclic) bond motifs is 2. The Labute approximate surface area is 164 Å². The van der Waals surface area contributed by atoms with Crippen molar-refractivity contribution < 1.29 is 0 Å². The molecular formula is C21H23N7. The Morgan fingerprint density at radius 3 is 2.71 bits per heavy atom. The lowest BCUT2D eigenvalue weighted by molar-refractivity contribution is 0.125. The molecule has 0 radical (unpaired) electrons. The minimum absolute atomic E-state index is 0.166. The third kappa shape index (κ3) is 2.76. The van der Waals surface area contributed by atoms with Gasteiger partial charge in [0, 0.05) is 44.0 Å². The van der Waals surface area contributed by atoms with Gasteiger partial charge in [0.05, 0.1) is 10.9 Å². The highest BCUT2D eigenvalue weighted by Crippen LogP contribution is 2.43. The molecule has 0 spiro atoms. The van der Waals surface area contributed by atoms with Crippen LogP contribution < -0.4 is 9.80 Å². The van der Waals surface area contributed by atoms with Gasteiger partial charge in [-0.2, -0.15) is 5.26 Å². The topological polar surface area (TPSA) is 84.7 Å². The van der Waals surface area contributed by atoms with Crippen LogP contribution in [0.2, 0.25) is 0 Å². The molecule has 0 amide bonds. The van der Waals surface area contributed by atoms with E-state index in [2.05, 4.69) is 48.8 Å². The fourth-order valence-corrected chi connectivity index (χ4v) is 4.93. The van der Waals surface area contributed by atoms with Gasteiger partial charge < -0.3 is 14.8 Å². The molecule has 7 heteroatoms. The van der Waals surface area contributed by atoms with E-state index in [-0.39, 0.29) is 5.41 Å². The molecule has 2 atom stereocenters. The molecule has 0 saturated carbocycles. The van der Waals surface area contributed by atoms with Crippen molar-refractivity contribution in [3.8, 4) is 6.07 Å². The average molecular weight is 373 g/mol. The molecular weight excluding hydrogens is 350 g/mol. The van der Waals surface area contributed by atoms with Gasteiger partial charge in [-0.15, -0.1) is 0 Å². The molecule has 5 rings (SSSR count). The number of hydrogen-bond donors (Lipinski definition) is 1. The summed E-state index contributed by atoms with van der Waals surface area (Å²) >= 11 is 0. The van der Waals surface area contributed by atoms with Crippen LogP contribution in [0.4, 0.5) is 11.6 Å². The summed E-state index contributed by atoms with van der Waals surface area (Å²) < 4.78 is 0. The van der Waals surface area contributed by atoms with Gasteiger partial charge in [-0.1, -0.05) is 6.92 Å². The number of aromatic amines is 1. The van der Waals surface area contributed by atoms with Crippen LogP contribution >= 0.6 is 0 Å². The predicted molar refractivity (Wildman–Crippen MR) is 108 cm³/mol. The third-order valence-corrected chi connectivity index (χ3v) is 6.42. The monoisotopic (exact) mass is 373 g/mol. The van der Waals surface area contributed by atoms with Crippen LogP contribution in [0.5, 0.6) is 0 Å². The van der Waals surface area contributed by atoms with Crippen LogP contribution in [-0.2, 0) is 0 Å². The van der Waals surface area contributed by atoms with E-state index in [9.17, 15) is 0 Å². The molecule has 0 unspecified atom stereocenters. The van der Waals surface area contributed by atoms with Crippen LogP contribution in [0, 0.1) is 22.7 Å². The Hall–Kier alpha value is -3.14. The quantitative estimate of drug-likeness (QED) is 0.743. The van der Waals surface area contributed by atoms with Gasteiger partial charge >= 0.3 is 0 Å². The first-order chi connectivity index (χ1) is 13.7. The second kappa shape index (κ2) is 6.48. The predicted octanol–water partition coefficient (Wildman–Crippen LogP) is 2.97. The summed E-state index contributed by atoms with van der Waals surface area (Å²) in [6.45, 7) is 6.40. The van der Waals surface area contributed by atoms with Crippen LogP contribution in [0.3, 0.4) is 0 Å². The molecule has 2 aliphatic heterocycles. The van der Waals surface area contributed by atoms with Crippen molar-refractivity contribution in [3.05, 3.63) is 42.5 Å². The maximum Gasteiger partial charge on any atom is 0.142 e. The number of nitrogens with zero attached hydrogens (tertiary/aromatic N) is 6. The van der Waals surface area contributed by atoms with Crippen molar-refractivity contribution in [1.29, 1.82) is 5.26 Å². The van der Waals surface area contributed by atoms with E-state index in [1.165, 1.54) is 12.8 Å². The summed E-state index contributed by atoms with van der Waals surface area (Å²) in [5, 5.41) is 10.1. The van der Waals surface area contributed by atoms with Crippen LogP contribution in [0.25, 0.3) is 11.0 Å². The molecule has 1 N–H and O–H groups in total. The van der Waals surface area contributed by atoms with Gasteiger partial charge in [0.25, 0.3) is 0 Å². The third-order valence-electron chi connectivity index (χ3n) is 6.42. The number of H-pyrrole nitrogens is 1. The Kier molecular flexibility index (Phi) is 3.93. The molecule has 2 fully saturated rings. The lowest BCUT2D eigenvalue weighted by Gasteiger charge is -2.52. The number of anilines is 2. The van der Waals surface area contributed by atoms with Gasteiger partial charge in [-0.25, -0.2) is 15.0 Å². The Morgan fingerprint density at radius 2 is 1.93 bits per heavy atom. The number of nitriles is 1. The van der Waals surface area contributed by atoms with Crippen molar-refractivity contribution in [1.82, 2.24) is 19.9 Å². The normalized spacial score (nSPS) is 24.8. The number of piperidine rings is 2. The molecule has 0 aliphatic carbocycles. The van der Waals surface area contributed by atoms with Crippen molar-refractivity contribution in [2.24, 2.45) is 11.3 Å². The summed E-state index contributed by atoms with van der Waals surface area (Å²) in [6, 6.07) is 8.03. The minimum atomic E-state index is 0.166. The molecule has 28 heavy (non-hydrogen) atoms. The van der Waals surface area contributed by atoms with Gasteiger partial charge in [0.1, 0.15) is 29.7 Å². The SMILES string of the molecule is C[C@@]12CN(c3ccc(C#N)cn3)CC[C@@H]1CCN(c1ncnc3[nH]ccc13)C2. The van der Waals surface area contributed by atoms with Crippen molar-refractivity contribution in [2.75, 3.05) is 36.0 Å². The van der Waals surface area contributed by atoms with E-state index in [0.29, 0.717) is 11.5 Å². The van der Waals surface area contributed by atoms with Crippen LogP contribution in [-0.4, -0.2) is 46.1 Å². The molecule has 2 saturated heterocycles. The highest BCUT2D eigenvalue weighted by molar-refractivity contribution is 5.87. The first kappa shape index (κ1) is 17.0.